The maximum atomic E-state index is 12.5. The Labute approximate surface area is 208 Å². The number of sulfonamides is 1. The van der Waals surface area contributed by atoms with Gasteiger partial charge in [0.05, 0.1) is 23.2 Å². The zero-order valence-corrected chi connectivity index (χ0v) is 20.3. The average Bonchev–Trinajstić information content (AvgIpc) is 3.12. The Kier molecular flexibility index (Phi) is 7.03. The van der Waals surface area contributed by atoms with Crippen molar-refractivity contribution in [3.63, 3.8) is 0 Å². The van der Waals surface area contributed by atoms with Gasteiger partial charge in [0.1, 0.15) is 11.5 Å². The summed E-state index contributed by atoms with van der Waals surface area (Å²) in [6, 6.07) is 18.7. The Hall–Kier alpha value is -3.90. The summed E-state index contributed by atoms with van der Waals surface area (Å²) in [4.78, 5) is 22.8. The topological polar surface area (TPSA) is 132 Å². The third-order valence-corrected chi connectivity index (χ3v) is 6.78. The highest BCUT2D eigenvalue weighted by atomic mass is 79.9. The number of hydrogen-bond acceptors (Lipinski definition) is 8. The summed E-state index contributed by atoms with van der Waals surface area (Å²) >= 11 is 3.30. The molecule has 35 heavy (non-hydrogen) atoms. The number of rotatable bonds is 7. The number of hydrogen-bond donors (Lipinski definition) is 0. The third-order valence-electron chi connectivity index (χ3n) is 4.92. The zero-order chi connectivity index (χ0) is 25.0. The van der Waals surface area contributed by atoms with E-state index in [1.165, 1.54) is 41.6 Å². The monoisotopic (exact) mass is 556 g/mol. The van der Waals surface area contributed by atoms with E-state index >= 15 is 0 Å². The van der Waals surface area contributed by atoms with Crippen LogP contribution in [0.3, 0.4) is 0 Å². The third kappa shape index (κ3) is 5.61. The Morgan fingerprint density at radius 1 is 1.09 bits per heavy atom. The summed E-state index contributed by atoms with van der Waals surface area (Å²) < 4.78 is 35.1. The molecule has 178 valence electrons. The van der Waals surface area contributed by atoms with Crippen LogP contribution in [-0.2, 0) is 14.8 Å². The second-order valence-corrected chi connectivity index (χ2v) is 9.73. The fraction of sp³-hybridized carbons (Fsp3) is 0.0870. The highest BCUT2D eigenvalue weighted by Crippen LogP contribution is 2.27. The number of nitro groups is 1. The van der Waals surface area contributed by atoms with Crippen molar-refractivity contribution < 1.29 is 22.9 Å². The molecule has 3 aromatic carbocycles. The van der Waals surface area contributed by atoms with Gasteiger partial charge in [-0.2, -0.15) is 13.5 Å². The number of esters is 1. The minimum absolute atomic E-state index is 0.00837. The molecule has 1 aliphatic rings. The summed E-state index contributed by atoms with van der Waals surface area (Å²) in [7, 11) is -3.90. The number of nitrogens with zero attached hydrogens (tertiary/aromatic N) is 4. The van der Waals surface area contributed by atoms with Crippen molar-refractivity contribution in [2.75, 3.05) is 13.2 Å². The van der Waals surface area contributed by atoms with Crippen molar-refractivity contribution in [2.24, 2.45) is 9.50 Å². The van der Waals surface area contributed by atoms with Crippen LogP contribution in [0, 0.1) is 10.1 Å². The highest BCUT2D eigenvalue weighted by Gasteiger charge is 2.31. The zero-order valence-electron chi connectivity index (χ0n) is 17.9. The maximum Gasteiger partial charge on any atom is 0.338 e. The SMILES string of the molecule is O=C(OCCN(/N=C\c1ccc([N+](=O)[O-])cc1)C1=NS(=O)(=O)c2ccccc21)c1ccc(Br)cc1. The molecule has 0 unspecified atom stereocenters. The highest BCUT2D eigenvalue weighted by molar-refractivity contribution is 9.10. The van der Waals surface area contributed by atoms with Gasteiger partial charge in [-0.15, -0.1) is 4.40 Å². The molecule has 0 saturated carbocycles. The predicted octanol–water partition coefficient (Wildman–Crippen LogP) is 4.00. The minimum atomic E-state index is -3.90. The first-order valence-electron chi connectivity index (χ1n) is 10.2. The lowest BCUT2D eigenvalue weighted by atomic mass is 10.2. The Morgan fingerprint density at radius 3 is 2.46 bits per heavy atom. The molecule has 0 radical (unpaired) electrons. The summed E-state index contributed by atoms with van der Waals surface area (Å²) in [5.74, 6) is -0.461. The maximum absolute atomic E-state index is 12.5. The van der Waals surface area contributed by atoms with Crippen LogP contribution in [0.25, 0.3) is 0 Å². The van der Waals surface area contributed by atoms with E-state index in [2.05, 4.69) is 25.4 Å². The Bertz CT molecular complexity index is 1440. The summed E-state index contributed by atoms with van der Waals surface area (Å²) in [6.45, 7) is -0.0951. The number of non-ortho nitro benzene ring substituents is 1. The van der Waals surface area contributed by atoms with Crippen molar-refractivity contribution in [1.29, 1.82) is 0 Å². The standard InChI is InChI=1S/C23H17BrN4O6S/c24-18-9-7-17(8-10-18)23(29)34-14-13-27(25-15-16-5-11-19(12-6-16)28(30)31)22-20-3-1-2-4-21(20)35(32,33)26-22/h1-12,15H,13-14H2/b25-15-. The van der Waals surface area contributed by atoms with Gasteiger partial charge >= 0.3 is 5.97 Å². The van der Waals surface area contributed by atoms with Gasteiger partial charge in [0, 0.05) is 22.2 Å². The number of ether oxygens (including phenoxy) is 1. The fourth-order valence-electron chi connectivity index (χ4n) is 3.21. The second kappa shape index (κ2) is 10.2. The lowest BCUT2D eigenvalue weighted by Crippen LogP contribution is -2.30. The van der Waals surface area contributed by atoms with E-state index in [9.17, 15) is 23.3 Å². The van der Waals surface area contributed by atoms with Gasteiger partial charge in [0.15, 0.2) is 5.84 Å². The molecule has 1 aliphatic heterocycles. The van der Waals surface area contributed by atoms with Crippen LogP contribution in [0.1, 0.15) is 21.5 Å². The smallest absolute Gasteiger partial charge is 0.338 e. The molecular weight excluding hydrogens is 540 g/mol. The van der Waals surface area contributed by atoms with E-state index in [4.69, 9.17) is 4.74 Å². The normalized spacial score (nSPS) is 13.8. The van der Waals surface area contributed by atoms with E-state index in [1.807, 2.05) is 0 Å². The first-order valence-corrected chi connectivity index (χ1v) is 12.4. The summed E-state index contributed by atoms with van der Waals surface area (Å²) in [6.07, 6.45) is 1.41. The van der Waals surface area contributed by atoms with Crippen molar-refractivity contribution in [3.05, 3.63) is 104 Å². The van der Waals surface area contributed by atoms with Gasteiger partial charge in [-0.05, 0) is 54.1 Å². The lowest BCUT2D eigenvalue weighted by Gasteiger charge is -2.19. The molecule has 1 heterocycles. The van der Waals surface area contributed by atoms with Crippen LogP contribution < -0.4 is 0 Å². The summed E-state index contributed by atoms with van der Waals surface area (Å²) in [5, 5.41) is 16.5. The predicted molar refractivity (Wildman–Crippen MR) is 132 cm³/mol. The molecule has 4 rings (SSSR count). The number of amidine groups is 1. The number of benzene rings is 3. The Balaban J connectivity index is 1.57. The van der Waals surface area contributed by atoms with Crippen molar-refractivity contribution in [2.45, 2.75) is 4.90 Å². The van der Waals surface area contributed by atoms with Crippen molar-refractivity contribution in [1.82, 2.24) is 5.01 Å². The fourth-order valence-corrected chi connectivity index (χ4v) is 4.68. The largest absolute Gasteiger partial charge is 0.460 e. The molecule has 10 nitrogen and oxygen atoms in total. The van der Waals surface area contributed by atoms with Crippen molar-refractivity contribution in [3.8, 4) is 0 Å². The van der Waals surface area contributed by atoms with Crippen LogP contribution in [0.15, 0.2) is 91.7 Å². The summed E-state index contributed by atoms with van der Waals surface area (Å²) in [5.41, 5.74) is 1.20. The number of carbonyl (C=O) groups excluding carboxylic acids is 1. The number of carbonyl (C=O) groups is 1. The number of nitro benzene ring substituents is 1. The van der Waals surface area contributed by atoms with Crippen LogP contribution in [0.4, 0.5) is 5.69 Å². The van der Waals surface area contributed by atoms with Gasteiger partial charge in [0.2, 0.25) is 0 Å². The molecular formula is C23H17BrN4O6S. The number of hydrazone groups is 1. The molecule has 12 heteroatoms. The molecule has 0 N–H and O–H groups in total. The van der Waals surface area contributed by atoms with E-state index in [1.54, 1.807) is 42.5 Å². The van der Waals surface area contributed by atoms with E-state index in [0.717, 1.165) is 4.47 Å². The van der Waals surface area contributed by atoms with Gasteiger partial charge in [-0.3, -0.25) is 10.1 Å². The molecule has 0 saturated heterocycles. The first-order chi connectivity index (χ1) is 16.7. The molecule has 0 aliphatic carbocycles. The van der Waals surface area contributed by atoms with Gasteiger partial charge < -0.3 is 4.74 Å². The molecule has 0 aromatic heterocycles. The molecule has 0 atom stereocenters. The van der Waals surface area contributed by atoms with Crippen LogP contribution >= 0.6 is 15.9 Å². The Morgan fingerprint density at radius 2 is 1.77 bits per heavy atom. The molecule has 0 fully saturated rings. The van der Waals surface area contributed by atoms with Crippen LogP contribution in [-0.4, -0.2) is 49.5 Å². The molecule has 0 amide bonds. The lowest BCUT2D eigenvalue weighted by molar-refractivity contribution is -0.384. The van der Waals surface area contributed by atoms with E-state index in [0.29, 0.717) is 16.7 Å². The van der Waals surface area contributed by atoms with Crippen LogP contribution in [0.2, 0.25) is 0 Å². The van der Waals surface area contributed by atoms with E-state index < -0.39 is 20.9 Å². The first kappa shape index (κ1) is 24.2. The van der Waals surface area contributed by atoms with E-state index in [-0.39, 0.29) is 29.6 Å². The van der Waals surface area contributed by atoms with Gasteiger partial charge in [0.25, 0.3) is 15.7 Å². The van der Waals surface area contributed by atoms with Gasteiger partial charge in [-0.25, -0.2) is 9.80 Å². The second-order valence-electron chi connectivity index (χ2n) is 7.25. The molecule has 3 aromatic rings. The molecule has 0 bridgehead atoms. The minimum Gasteiger partial charge on any atom is -0.460 e. The quantitative estimate of drug-likeness (QED) is 0.186. The van der Waals surface area contributed by atoms with Gasteiger partial charge in [-0.1, -0.05) is 28.1 Å². The average molecular weight is 557 g/mol. The number of halogens is 1. The molecule has 0 spiro atoms. The number of fused-ring (bicyclic) bond motifs is 1. The van der Waals surface area contributed by atoms with Crippen molar-refractivity contribution >= 4 is 49.7 Å². The van der Waals surface area contributed by atoms with Crippen LogP contribution in [0.5, 0.6) is 0 Å².